The lowest BCUT2D eigenvalue weighted by Gasteiger charge is -2.34. The largest absolute Gasteiger partial charge is 0.487 e. The van der Waals surface area contributed by atoms with Crippen LogP contribution in [0.1, 0.15) is 39.9 Å². The minimum absolute atomic E-state index is 0.0304. The minimum Gasteiger partial charge on any atom is -0.487 e. The Morgan fingerprint density at radius 2 is 1.98 bits per heavy atom. The second kappa shape index (κ2) is 11.2. The Balaban J connectivity index is 1.18. The van der Waals surface area contributed by atoms with Gasteiger partial charge in [-0.3, -0.25) is 9.59 Å². The number of hydrogen-bond donors (Lipinski definition) is 4. The topological polar surface area (TPSA) is 127 Å². The van der Waals surface area contributed by atoms with E-state index in [9.17, 15) is 19.1 Å². The molecule has 4 aromatic rings. The summed E-state index contributed by atoms with van der Waals surface area (Å²) in [6.07, 6.45) is 2.46. The molecule has 4 heterocycles. The van der Waals surface area contributed by atoms with Gasteiger partial charge in [-0.25, -0.2) is 9.37 Å². The van der Waals surface area contributed by atoms with Crippen molar-refractivity contribution in [3.63, 3.8) is 0 Å². The van der Waals surface area contributed by atoms with Crippen LogP contribution in [0.3, 0.4) is 0 Å². The Morgan fingerprint density at radius 1 is 1.19 bits per heavy atom. The van der Waals surface area contributed by atoms with E-state index in [0.717, 1.165) is 42.6 Å². The molecule has 0 saturated carbocycles. The molecule has 6 rings (SSSR count). The second-order valence-corrected chi connectivity index (χ2v) is 11.3. The third-order valence-corrected chi connectivity index (χ3v) is 8.44. The van der Waals surface area contributed by atoms with Gasteiger partial charge >= 0.3 is 0 Å². The van der Waals surface area contributed by atoms with Crippen molar-refractivity contribution in [1.29, 1.82) is 0 Å². The van der Waals surface area contributed by atoms with Gasteiger partial charge in [-0.15, -0.1) is 0 Å². The van der Waals surface area contributed by atoms with Gasteiger partial charge in [-0.05, 0) is 87.8 Å². The van der Waals surface area contributed by atoms with Gasteiger partial charge in [0, 0.05) is 30.9 Å². The normalized spacial score (nSPS) is 16.7. The van der Waals surface area contributed by atoms with E-state index < -0.39 is 11.9 Å². The SMILES string of the molecule is Cc1ccc(F)c(OC[C@H](O)CNc2cc[nH]c(=O)c2-c2nc3cc4c(cc3[nH]2)CN(C2CCN(C)CC2)C4=O)c1C. The number of carbonyl (C=O) groups is 1. The summed E-state index contributed by atoms with van der Waals surface area (Å²) in [6.45, 7) is 6.08. The number of hydrogen-bond acceptors (Lipinski definition) is 7. The maximum absolute atomic E-state index is 14.2. The first-order chi connectivity index (χ1) is 20.2. The van der Waals surface area contributed by atoms with Crippen LogP contribution in [0, 0.1) is 19.7 Å². The number of carbonyl (C=O) groups excluding carboxylic acids is 1. The standard InChI is InChI=1S/C31H35FN6O4/c1-17-4-5-23(32)28(18(17)2)42-16-21(39)14-34-24-6-9-33-30(40)27(24)29-35-25-12-19-15-38(20-7-10-37(3)11-8-20)31(41)22(19)13-26(25)36-29/h4-6,9,12-13,20-21,39H,7-8,10-11,14-16H2,1-3H3,(H,35,36)(H2,33,34,40)/t21-/m1/s1. The summed E-state index contributed by atoms with van der Waals surface area (Å²) >= 11 is 0. The molecule has 0 spiro atoms. The van der Waals surface area contributed by atoms with E-state index in [1.165, 1.54) is 12.3 Å². The number of aliphatic hydroxyl groups excluding tert-OH is 1. The van der Waals surface area contributed by atoms with Crippen molar-refractivity contribution in [2.75, 3.05) is 38.6 Å². The smallest absolute Gasteiger partial charge is 0.261 e. The molecular formula is C31H35FN6O4. The fourth-order valence-electron chi connectivity index (χ4n) is 5.82. The third kappa shape index (κ3) is 5.25. The summed E-state index contributed by atoms with van der Waals surface area (Å²) in [5.74, 6) is 0.0129. The van der Waals surface area contributed by atoms with Crippen molar-refractivity contribution in [2.24, 2.45) is 0 Å². The number of anilines is 1. The zero-order chi connectivity index (χ0) is 29.5. The summed E-state index contributed by atoms with van der Waals surface area (Å²) in [7, 11) is 2.10. The quantitative estimate of drug-likeness (QED) is 0.253. The number of H-pyrrole nitrogens is 2. The summed E-state index contributed by atoms with van der Waals surface area (Å²) < 4.78 is 19.8. The van der Waals surface area contributed by atoms with E-state index in [1.807, 2.05) is 17.9 Å². The number of piperidine rings is 1. The number of rotatable bonds is 8. The Hall–Kier alpha value is -4.22. The number of amides is 1. The molecular weight excluding hydrogens is 539 g/mol. The number of pyridine rings is 1. The molecule has 0 unspecified atom stereocenters. The van der Waals surface area contributed by atoms with Gasteiger partial charge in [0.25, 0.3) is 11.5 Å². The molecule has 0 bridgehead atoms. The lowest BCUT2D eigenvalue weighted by Crippen LogP contribution is -2.43. The number of aromatic amines is 2. The maximum Gasteiger partial charge on any atom is 0.261 e. The van der Waals surface area contributed by atoms with E-state index in [-0.39, 0.29) is 42.0 Å². The number of aliphatic hydroxyl groups is 1. The molecule has 2 aliphatic rings. The van der Waals surface area contributed by atoms with Crippen LogP contribution in [0.2, 0.25) is 0 Å². The molecule has 2 aromatic carbocycles. The van der Waals surface area contributed by atoms with Crippen molar-refractivity contribution >= 4 is 22.6 Å². The molecule has 1 saturated heterocycles. The number of benzene rings is 2. The second-order valence-electron chi connectivity index (χ2n) is 11.3. The first-order valence-electron chi connectivity index (χ1n) is 14.2. The molecule has 0 aliphatic carbocycles. The minimum atomic E-state index is -0.978. The zero-order valence-corrected chi connectivity index (χ0v) is 24.0. The summed E-state index contributed by atoms with van der Waals surface area (Å²) in [5, 5.41) is 13.7. The van der Waals surface area contributed by atoms with E-state index in [1.54, 1.807) is 25.1 Å². The van der Waals surface area contributed by atoms with E-state index in [4.69, 9.17) is 4.74 Å². The number of fused-ring (bicyclic) bond motifs is 2. The number of aromatic nitrogens is 3. The fourth-order valence-corrected chi connectivity index (χ4v) is 5.82. The average Bonchev–Trinajstić information content (AvgIpc) is 3.53. The van der Waals surface area contributed by atoms with Crippen molar-refractivity contribution in [2.45, 2.75) is 45.4 Å². The number of imidazole rings is 1. The van der Waals surface area contributed by atoms with Gasteiger partial charge in [-0.1, -0.05) is 6.07 Å². The lowest BCUT2D eigenvalue weighted by atomic mass is 10.0. The van der Waals surface area contributed by atoms with Crippen molar-refractivity contribution < 1.29 is 19.0 Å². The van der Waals surface area contributed by atoms with Crippen LogP contribution >= 0.6 is 0 Å². The molecule has 1 amide bonds. The maximum atomic E-state index is 14.2. The van der Waals surface area contributed by atoms with Crippen LogP contribution in [-0.4, -0.2) is 81.2 Å². The first kappa shape index (κ1) is 27.9. The molecule has 2 aliphatic heterocycles. The van der Waals surface area contributed by atoms with Crippen molar-refractivity contribution in [3.8, 4) is 17.1 Å². The molecule has 10 nitrogen and oxygen atoms in total. The molecule has 0 radical (unpaired) electrons. The summed E-state index contributed by atoms with van der Waals surface area (Å²) in [6, 6.07) is 8.70. The van der Waals surface area contributed by atoms with E-state index >= 15 is 0 Å². The first-order valence-corrected chi connectivity index (χ1v) is 14.2. The zero-order valence-electron chi connectivity index (χ0n) is 24.0. The average molecular weight is 575 g/mol. The Morgan fingerprint density at radius 3 is 2.76 bits per heavy atom. The number of nitrogens with zero attached hydrogens (tertiary/aromatic N) is 3. The van der Waals surface area contributed by atoms with Gasteiger partial charge in [0.05, 0.1) is 16.7 Å². The van der Waals surface area contributed by atoms with Crippen LogP contribution < -0.4 is 15.6 Å². The van der Waals surface area contributed by atoms with E-state index in [2.05, 4.69) is 32.2 Å². The molecule has 42 heavy (non-hydrogen) atoms. The number of likely N-dealkylation sites (tertiary alicyclic amines) is 1. The Bertz CT molecular complexity index is 1710. The highest BCUT2D eigenvalue weighted by Gasteiger charge is 2.34. The van der Waals surface area contributed by atoms with Gasteiger partial charge < -0.3 is 34.9 Å². The predicted octanol–water partition coefficient (Wildman–Crippen LogP) is 3.58. The Labute approximate surface area is 242 Å². The fraction of sp³-hybridized carbons (Fsp3) is 0.387. The Kier molecular flexibility index (Phi) is 7.46. The molecule has 4 N–H and O–H groups in total. The van der Waals surface area contributed by atoms with Crippen LogP contribution in [-0.2, 0) is 6.54 Å². The van der Waals surface area contributed by atoms with Crippen molar-refractivity contribution in [3.05, 3.63) is 75.0 Å². The number of ether oxygens (including phenoxy) is 1. The van der Waals surface area contributed by atoms with Gasteiger partial charge in [0.1, 0.15) is 24.1 Å². The lowest BCUT2D eigenvalue weighted by molar-refractivity contribution is 0.0617. The van der Waals surface area contributed by atoms with E-state index in [0.29, 0.717) is 34.7 Å². The predicted molar refractivity (Wildman–Crippen MR) is 158 cm³/mol. The summed E-state index contributed by atoms with van der Waals surface area (Å²) in [5.41, 5.74) is 4.89. The highest BCUT2D eigenvalue weighted by atomic mass is 19.1. The van der Waals surface area contributed by atoms with Gasteiger partial charge in [0.2, 0.25) is 0 Å². The molecule has 2 aromatic heterocycles. The highest BCUT2D eigenvalue weighted by molar-refractivity contribution is 6.02. The molecule has 1 atom stereocenters. The molecule has 220 valence electrons. The van der Waals surface area contributed by atoms with Crippen LogP contribution in [0.4, 0.5) is 10.1 Å². The highest BCUT2D eigenvalue weighted by Crippen LogP contribution is 2.33. The van der Waals surface area contributed by atoms with Crippen molar-refractivity contribution in [1.82, 2.24) is 24.8 Å². The van der Waals surface area contributed by atoms with Gasteiger partial charge in [0.15, 0.2) is 11.6 Å². The monoisotopic (exact) mass is 574 g/mol. The number of halogens is 1. The van der Waals surface area contributed by atoms with Gasteiger partial charge in [-0.2, -0.15) is 0 Å². The number of nitrogens with one attached hydrogen (secondary N) is 3. The van der Waals surface area contributed by atoms with Crippen LogP contribution in [0.25, 0.3) is 22.4 Å². The van der Waals surface area contributed by atoms with Crippen LogP contribution in [0.15, 0.2) is 41.3 Å². The summed E-state index contributed by atoms with van der Waals surface area (Å²) in [4.78, 5) is 41.1. The molecule has 11 heteroatoms. The third-order valence-electron chi connectivity index (χ3n) is 8.44. The van der Waals surface area contributed by atoms with Crippen LogP contribution in [0.5, 0.6) is 5.75 Å². The molecule has 1 fully saturated rings. The number of aryl methyl sites for hydroxylation is 1.